The number of halogens is 3. The van der Waals surface area contributed by atoms with E-state index in [9.17, 15) is 13.2 Å². The van der Waals surface area contributed by atoms with Crippen LogP contribution in [-0.2, 0) is 0 Å². The summed E-state index contributed by atoms with van der Waals surface area (Å²) in [6.45, 7) is -1.23. The molecule has 0 saturated heterocycles. The lowest BCUT2D eigenvalue weighted by atomic mass is 10.7. The highest BCUT2D eigenvalue weighted by atomic mass is 19.4. The summed E-state index contributed by atoms with van der Waals surface area (Å²) < 4.78 is 32.0. The van der Waals surface area contributed by atoms with E-state index in [4.69, 9.17) is 5.41 Å². The zero-order valence-corrected chi connectivity index (χ0v) is 4.57. The van der Waals surface area contributed by atoms with E-state index in [0.29, 0.717) is 0 Å². The monoisotopic (exact) mass is 143 g/mol. The van der Waals surface area contributed by atoms with Crippen molar-refractivity contribution >= 4 is 6.34 Å². The van der Waals surface area contributed by atoms with Crippen LogP contribution in [0.2, 0.25) is 0 Å². The molecule has 0 aromatic heterocycles. The van der Waals surface area contributed by atoms with Crippen LogP contribution in [0.5, 0.6) is 0 Å². The molecule has 0 amide bonds. The van der Waals surface area contributed by atoms with Gasteiger partial charge in [-0.15, -0.1) is 0 Å². The smallest absolute Gasteiger partial charge is 0.390 e. The molecule has 0 aromatic rings. The van der Waals surface area contributed by atoms with Gasteiger partial charge in [0.2, 0.25) is 0 Å². The Balaban J connectivity index is 0. The van der Waals surface area contributed by atoms with Gasteiger partial charge < -0.3 is 11.5 Å². The number of hydrogen-bond acceptors (Lipinski definition) is 2. The van der Waals surface area contributed by atoms with Gasteiger partial charge in [0, 0.05) is 0 Å². The van der Waals surface area contributed by atoms with E-state index in [-0.39, 0.29) is 0 Å². The van der Waals surface area contributed by atoms with E-state index in [2.05, 4.69) is 11.5 Å². The quantitative estimate of drug-likeness (QED) is 0.331. The van der Waals surface area contributed by atoms with Crippen LogP contribution in [0.3, 0.4) is 0 Å². The third-order valence-corrected chi connectivity index (χ3v) is 0.231. The van der Waals surface area contributed by atoms with Crippen LogP contribution in [-0.4, -0.2) is 19.1 Å². The molecule has 0 aliphatic rings. The second kappa shape index (κ2) is 5.36. The topological polar surface area (TPSA) is 75.9 Å². The molecule has 0 spiro atoms. The Labute approximate surface area is 50.3 Å². The molecular formula is C3H8F3N3. The van der Waals surface area contributed by atoms with E-state index in [1.165, 1.54) is 0 Å². The fourth-order valence-corrected chi connectivity index (χ4v) is 0. The second-order valence-electron chi connectivity index (χ2n) is 0.986. The standard InChI is InChI=1S/C2H4F3N.CH4N2/c3-2(4,5)1-6;2-1-3/h1,6H2;1H,(H3,2,3). The van der Waals surface area contributed by atoms with Crippen LogP contribution in [0.15, 0.2) is 0 Å². The van der Waals surface area contributed by atoms with E-state index in [0.717, 1.165) is 6.34 Å². The highest BCUT2D eigenvalue weighted by molar-refractivity contribution is 5.46. The molecular weight excluding hydrogens is 135 g/mol. The van der Waals surface area contributed by atoms with Crippen LogP contribution in [0.1, 0.15) is 0 Å². The lowest BCUT2D eigenvalue weighted by molar-refractivity contribution is -0.118. The molecule has 0 fully saturated rings. The zero-order chi connectivity index (χ0) is 7.91. The molecule has 0 rings (SSSR count). The molecule has 5 N–H and O–H groups in total. The molecule has 9 heavy (non-hydrogen) atoms. The van der Waals surface area contributed by atoms with Crippen LogP contribution in [0, 0.1) is 5.41 Å². The van der Waals surface area contributed by atoms with Crippen molar-refractivity contribution < 1.29 is 13.2 Å². The van der Waals surface area contributed by atoms with Gasteiger partial charge in [-0.3, -0.25) is 5.41 Å². The van der Waals surface area contributed by atoms with Gasteiger partial charge in [0.15, 0.2) is 0 Å². The molecule has 0 aliphatic heterocycles. The van der Waals surface area contributed by atoms with Gasteiger partial charge in [0.25, 0.3) is 0 Å². The van der Waals surface area contributed by atoms with Crippen LogP contribution >= 0.6 is 0 Å². The van der Waals surface area contributed by atoms with Crippen LogP contribution in [0.25, 0.3) is 0 Å². The van der Waals surface area contributed by atoms with Crippen LogP contribution in [0.4, 0.5) is 13.2 Å². The SMILES string of the molecule is N=CN.NCC(F)(F)F. The van der Waals surface area contributed by atoms with Crippen molar-refractivity contribution in [3.63, 3.8) is 0 Å². The molecule has 6 heteroatoms. The van der Waals surface area contributed by atoms with Crippen LogP contribution < -0.4 is 11.5 Å². The number of nitrogens with one attached hydrogen (secondary N) is 1. The van der Waals surface area contributed by atoms with Gasteiger partial charge in [0.05, 0.1) is 12.9 Å². The first-order valence-corrected chi connectivity index (χ1v) is 1.95. The van der Waals surface area contributed by atoms with E-state index in [1.807, 2.05) is 0 Å². The number of alkyl halides is 3. The third-order valence-electron chi connectivity index (χ3n) is 0.231. The summed E-state index contributed by atoms with van der Waals surface area (Å²) in [5.41, 5.74) is 8.57. The van der Waals surface area contributed by atoms with E-state index in [1.54, 1.807) is 0 Å². The largest absolute Gasteiger partial charge is 0.400 e. The normalized spacial score (nSPS) is 9.33. The van der Waals surface area contributed by atoms with Crippen molar-refractivity contribution in [3.05, 3.63) is 0 Å². The summed E-state index contributed by atoms with van der Waals surface area (Å²) in [7, 11) is 0. The predicted molar refractivity (Wildman–Crippen MR) is 28.1 cm³/mol. The first-order valence-electron chi connectivity index (χ1n) is 1.95. The van der Waals surface area contributed by atoms with Gasteiger partial charge in [-0.25, -0.2) is 0 Å². The predicted octanol–water partition coefficient (Wildman–Crippen LogP) is 0.0596. The molecule has 0 radical (unpaired) electrons. The highest BCUT2D eigenvalue weighted by Gasteiger charge is 2.23. The van der Waals surface area contributed by atoms with Crippen molar-refractivity contribution in [3.8, 4) is 0 Å². The number of nitrogens with two attached hydrogens (primary N) is 2. The van der Waals surface area contributed by atoms with Crippen molar-refractivity contribution in [2.45, 2.75) is 6.18 Å². The van der Waals surface area contributed by atoms with Crippen molar-refractivity contribution in [2.24, 2.45) is 11.5 Å². The number of rotatable bonds is 0. The maximum absolute atomic E-state index is 10.7. The minimum absolute atomic E-state index is 0.750. The third kappa shape index (κ3) is 39.9. The molecule has 56 valence electrons. The summed E-state index contributed by atoms with van der Waals surface area (Å²) in [6.07, 6.45) is -3.43. The van der Waals surface area contributed by atoms with E-state index >= 15 is 0 Å². The Morgan fingerprint density at radius 3 is 1.56 bits per heavy atom. The van der Waals surface area contributed by atoms with Crippen molar-refractivity contribution in [1.82, 2.24) is 0 Å². The zero-order valence-electron chi connectivity index (χ0n) is 4.57. The summed E-state index contributed by atoms with van der Waals surface area (Å²) in [6, 6.07) is 0. The average molecular weight is 143 g/mol. The summed E-state index contributed by atoms with van der Waals surface area (Å²) in [5.74, 6) is 0. The van der Waals surface area contributed by atoms with Crippen molar-refractivity contribution in [2.75, 3.05) is 6.54 Å². The minimum Gasteiger partial charge on any atom is -0.390 e. The molecule has 0 aromatic carbocycles. The fraction of sp³-hybridized carbons (Fsp3) is 0.667. The summed E-state index contributed by atoms with van der Waals surface area (Å²) >= 11 is 0. The van der Waals surface area contributed by atoms with Gasteiger partial charge in [-0.2, -0.15) is 13.2 Å². The molecule has 0 unspecified atom stereocenters. The minimum atomic E-state index is -4.18. The molecule has 0 saturated carbocycles. The first-order chi connectivity index (χ1) is 3.97. The van der Waals surface area contributed by atoms with Gasteiger partial charge in [-0.05, 0) is 0 Å². The molecule has 0 atom stereocenters. The molecule has 3 nitrogen and oxygen atoms in total. The summed E-state index contributed by atoms with van der Waals surface area (Å²) in [4.78, 5) is 0. The summed E-state index contributed by atoms with van der Waals surface area (Å²) in [5, 5.41) is 5.86. The molecule has 0 heterocycles. The van der Waals surface area contributed by atoms with Gasteiger partial charge in [0.1, 0.15) is 0 Å². The second-order valence-corrected chi connectivity index (χ2v) is 0.986. The Kier molecular flexibility index (Phi) is 6.59. The Hall–Kier alpha value is -0.780. The fourth-order valence-electron chi connectivity index (χ4n) is 0. The lowest BCUT2D eigenvalue weighted by Crippen LogP contribution is -2.21. The highest BCUT2D eigenvalue weighted by Crippen LogP contribution is 2.10. The first kappa shape index (κ1) is 11.1. The number of hydrogen-bond donors (Lipinski definition) is 3. The Morgan fingerprint density at radius 1 is 1.44 bits per heavy atom. The average Bonchev–Trinajstić information content (AvgIpc) is 1.67. The maximum atomic E-state index is 10.7. The molecule has 0 bridgehead atoms. The van der Waals surface area contributed by atoms with E-state index < -0.39 is 12.7 Å². The van der Waals surface area contributed by atoms with Crippen molar-refractivity contribution in [1.29, 1.82) is 5.41 Å². The van der Waals surface area contributed by atoms with Gasteiger partial charge >= 0.3 is 6.18 Å². The maximum Gasteiger partial charge on any atom is 0.400 e. The lowest BCUT2D eigenvalue weighted by Gasteiger charge is -1.96. The van der Waals surface area contributed by atoms with Gasteiger partial charge in [-0.1, -0.05) is 0 Å². The Bertz CT molecular complexity index is 69.2. The molecule has 0 aliphatic carbocycles. The Morgan fingerprint density at radius 2 is 1.56 bits per heavy atom.